The highest BCUT2D eigenvalue weighted by atomic mass is 16.4. The van der Waals surface area contributed by atoms with Gasteiger partial charge in [0.2, 0.25) is 0 Å². The van der Waals surface area contributed by atoms with Crippen molar-refractivity contribution >= 4 is 22.7 Å². The molecule has 0 spiro atoms. The number of aromatic nitrogens is 2. The lowest BCUT2D eigenvalue weighted by Gasteiger charge is -2.22. The normalized spacial score (nSPS) is 10.8. The van der Waals surface area contributed by atoms with Gasteiger partial charge in [0.15, 0.2) is 0 Å². The predicted octanol–water partition coefficient (Wildman–Crippen LogP) is 1.32. The quantitative estimate of drug-likeness (QED) is 0.729. The number of aliphatic carboxylic acids is 1. The van der Waals surface area contributed by atoms with Gasteiger partial charge in [0.25, 0.3) is 0 Å². The van der Waals surface area contributed by atoms with Crippen LogP contribution >= 0.6 is 0 Å². The minimum Gasteiger partial charge on any atom is -0.481 e. The van der Waals surface area contributed by atoms with Crippen molar-refractivity contribution in [3.05, 3.63) is 24.0 Å². The van der Waals surface area contributed by atoms with Gasteiger partial charge in [-0.05, 0) is 25.1 Å². The van der Waals surface area contributed by atoms with Gasteiger partial charge in [-0.25, -0.2) is 4.98 Å². The van der Waals surface area contributed by atoms with Gasteiger partial charge in [0.05, 0.1) is 24.0 Å². The fraction of sp³-hybridized carbons (Fsp3) is 0.385. The van der Waals surface area contributed by atoms with E-state index in [4.69, 9.17) is 10.8 Å². The lowest BCUT2D eigenvalue weighted by Crippen LogP contribution is -2.25. The first kappa shape index (κ1) is 13.4. The first-order chi connectivity index (χ1) is 9.13. The van der Waals surface area contributed by atoms with E-state index in [1.165, 1.54) is 0 Å². The van der Waals surface area contributed by atoms with Gasteiger partial charge in [0, 0.05) is 18.8 Å². The Kier molecular flexibility index (Phi) is 4.01. The maximum atomic E-state index is 10.6. The van der Waals surface area contributed by atoms with Crippen molar-refractivity contribution in [1.82, 2.24) is 9.97 Å². The number of benzene rings is 1. The molecule has 2 aromatic rings. The van der Waals surface area contributed by atoms with Crippen molar-refractivity contribution in [3.63, 3.8) is 0 Å². The summed E-state index contributed by atoms with van der Waals surface area (Å²) in [6.45, 7) is 3.64. The molecule has 0 unspecified atom stereocenters. The molecule has 6 heteroatoms. The summed E-state index contributed by atoms with van der Waals surface area (Å²) >= 11 is 0. The molecule has 0 saturated heterocycles. The minimum absolute atomic E-state index is 0.128. The summed E-state index contributed by atoms with van der Waals surface area (Å²) in [7, 11) is 0. The number of hydrogen-bond donors (Lipinski definition) is 3. The summed E-state index contributed by atoms with van der Waals surface area (Å²) in [4.78, 5) is 20.2. The molecule has 2 rings (SSSR count). The molecule has 1 heterocycles. The maximum absolute atomic E-state index is 10.6. The fourth-order valence-electron chi connectivity index (χ4n) is 2.04. The van der Waals surface area contributed by atoms with E-state index in [-0.39, 0.29) is 6.42 Å². The molecule has 0 aliphatic carbocycles. The van der Waals surface area contributed by atoms with Gasteiger partial charge in [-0.1, -0.05) is 0 Å². The van der Waals surface area contributed by atoms with Crippen LogP contribution in [0.4, 0.5) is 5.69 Å². The van der Waals surface area contributed by atoms with Crippen LogP contribution in [0.25, 0.3) is 11.0 Å². The van der Waals surface area contributed by atoms with E-state index in [9.17, 15) is 4.79 Å². The molecule has 1 aromatic carbocycles. The lowest BCUT2D eigenvalue weighted by atomic mass is 10.2. The van der Waals surface area contributed by atoms with Crippen molar-refractivity contribution in [2.24, 2.45) is 5.73 Å². The highest BCUT2D eigenvalue weighted by Gasteiger charge is 2.09. The van der Waals surface area contributed by atoms with E-state index in [1.54, 1.807) is 0 Å². The number of nitrogens with one attached hydrogen (secondary N) is 1. The number of carbonyl (C=O) groups is 1. The second-order valence-corrected chi connectivity index (χ2v) is 4.31. The molecule has 19 heavy (non-hydrogen) atoms. The molecule has 102 valence electrons. The van der Waals surface area contributed by atoms with E-state index in [0.717, 1.165) is 29.1 Å². The van der Waals surface area contributed by atoms with Crippen LogP contribution in [0.1, 0.15) is 19.2 Å². The number of H-pyrrole nitrogens is 1. The van der Waals surface area contributed by atoms with Crippen molar-refractivity contribution in [2.75, 3.05) is 18.0 Å². The molecular weight excluding hydrogens is 244 g/mol. The third-order valence-corrected chi connectivity index (χ3v) is 3.05. The van der Waals surface area contributed by atoms with Gasteiger partial charge in [-0.3, -0.25) is 4.79 Å². The Morgan fingerprint density at radius 1 is 1.53 bits per heavy atom. The minimum atomic E-state index is -0.786. The number of imidazole rings is 1. The van der Waals surface area contributed by atoms with Crippen molar-refractivity contribution in [1.29, 1.82) is 0 Å². The zero-order valence-electron chi connectivity index (χ0n) is 10.9. The summed E-state index contributed by atoms with van der Waals surface area (Å²) < 4.78 is 0. The molecule has 0 saturated carbocycles. The monoisotopic (exact) mass is 262 g/mol. The van der Waals surface area contributed by atoms with Crippen molar-refractivity contribution in [3.8, 4) is 0 Å². The summed E-state index contributed by atoms with van der Waals surface area (Å²) in [6.07, 6.45) is 0.128. The van der Waals surface area contributed by atoms with Crippen LogP contribution in [0.3, 0.4) is 0 Å². The predicted molar refractivity (Wildman–Crippen MR) is 74.1 cm³/mol. The number of aromatic amines is 1. The van der Waals surface area contributed by atoms with Crippen LogP contribution in [0.2, 0.25) is 0 Å². The number of nitrogens with zero attached hydrogens (tertiary/aromatic N) is 2. The Balaban J connectivity index is 2.24. The van der Waals surface area contributed by atoms with E-state index < -0.39 is 5.97 Å². The molecule has 0 radical (unpaired) electrons. The van der Waals surface area contributed by atoms with Gasteiger partial charge in [-0.2, -0.15) is 0 Å². The van der Waals surface area contributed by atoms with Gasteiger partial charge < -0.3 is 20.7 Å². The van der Waals surface area contributed by atoms with E-state index in [0.29, 0.717) is 13.1 Å². The first-order valence-electron chi connectivity index (χ1n) is 6.29. The zero-order chi connectivity index (χ0) is 13.8. The average Bonchev–Trinajstić information content (AvgIpc) is 2.81. The zero-order valence-corrected chi connectivity index (χ0v) is 10.9. The maximum Gasteiger partial charge on any atom is 0.305 e. The second kappa shape index (κ2) is 5.71. The molecule has 0 bridgehead atoms. The van der Waals surface area contributed by atoms with E-state index in [1.807, 2.05) is 30.0 Å². The fourth-order valence-corrected chi connectivity index (χ4v) is 2.04. The highest BCUT2D eigenvalue weighted by molar-refractivity contribution is 5.79. The molecule has 1 aromatic heterocycles. The van der Waals surface area contributed by atoms with Crippen molar-refractivity contribution in [2.45, 2.75) is 19.9 Å². The Bertz CT molecular complexity index is 579. The Morgan fingerprint density at radius 3 is 2.95 bits per heavy atom. The van der Waals surface area contributed by atoms with Crippen LogP contribution in [-0.4, -0.2) is 34.1 Å². The SMILES string of the molecule is CCN(CCC(=O)O)c1ccc2nc(CN)[nH]c2c1. The summed E-state index contributed by atoms with van der Waals surface area (Å²) in [5, 5.41) is 8.76. The van der Waals surface area contributed by atoms with Crippen LogP contribution < -0.4 is 10.6 Å². The molecule has 0 fully saturated rings. The molecule has 0 atom stereocenters. The molecule has 6 nitrogen and oxygen atoms in total. The lowest BCUT2D eigenvalue weighted by molar-refractivity contribution is -0.136. The van der Waals surface area contributed by atoms with Crippen LogP contribution in [0.5, 0.6) is 0 Å². The van der Waals surface area contributed by atoms with Gasteiger partial charge in [0.1, 0.15) is 5.82 Å². The number of nitrogens with two attached hydrogens (primary N) is 1. The van der Waals surface area contributed by atoms with Crippen LogP contribution in [-0.2, 0) is 11.3 Å². The number of hydrogen-bond acceptors (Lipinski definition) is 4. The second-order valence-electron chi connectivity index (χ2n) is 4.31. The summed E-state index contributed by atoms with van der Waals surface area (Å²) in [5.41, 5.74) is 8.34. The number of carboxylic acids is 1. The smallest absolute Gasteiger partial charge is 0.305 e. The van der Waals surface area contributed by atoms with Gasteiger partial charge in [-0.15, -0.1) is 0 Å². The highest BCUT2D eigenvalue weighted by Crippen LogP contribution is 2.20. The molecule has 0 aliphatic rings. The van der Waals surface area contributed by atoms with Crippen LogP contribution in [0, 0.1) is 0 Å². The third kappa shape index (κ3) is 3.03. The molecule has 0 aliphatic heterocycles. The molecule has 0 amide bonds. The van der Waals surface area contributed by atoms with E-state index >= 15 is 0 Å². The molecular formula is C13H18N4O2. The third-order valence-electron chi connectivity index (χ3n) is 3.05. The topological polar surface area (TPSA) is 95.2 Å². The van der Waals surface area contributed by atoms with Gasteiger partial charge >= 0.3 is 5.97 Å². The number of anilines is 1. The first-order valence-corrected chi connectivity index (χ1v) is 6.29. The number of carboxylic acid groups (broad SMARTS) is 1. The standard InChI is InChI=1S/C13H18N4O2/c1-2-17(6-5-13(18)19)9-3-4-10-11(7-9)16-12(8-14)15-10/h3-4,7H,2,5-6,8,14H2,1H3,(H,15,16)(H,18,19). The van der Waals surface area contributed by atoms with Crippen molar-refractivity contribution < 1.29 is 9.90 Å². The van der Waals surface area contributed by atoms with E-state index in [2.05, 4.69) is 9.97 Å². The average molecular weight is 262 g/mol. The Hall–Kier alpha value is -2.08. The Labute approximate surface area is 111 Å². The largest absolute Gasteiger partial charge is 0.481 e. The van der Waals surface area contributed by atoms with Crippen LogP contribution in [0.15, 0.2) is 18.2 Å². The summed E-state index contributed by atoms with van der Waals surface area (Å²) in [6, 6.07) is 5.85. The number of fused-ring (bicyclic) bond motifs is 1. The molecule has 4 N–H and O–H groups in total. The summed E-state index contributed by atoms with van der Waals surface area (Å²) in [5.74, 6) is -0.0350. The number of rotatable bonds is 6. The Morgan fingerprint density at radius 2 is 2.32 bits per heavy atom.